The minimum atomic E-state index is 0. The largest absolute Gasteiger partial charge is 1.00 e. The Balaban J connectivity index is 0.000000369. The number of aromatic nitrogens is 3. The van der Waals surface area contributed by atoms with Gasteiger partial charge in [-0.05, 0) is 61.0 Å². The van der Waals surface area contributed by atoms with Gasteiger partial charge in [0.2, 0.25) is 5.91 Å². The van der Waals surface area contributed by atoms with Crippen molar-refractivity contribution in [2.24, 2.45) is 5.92 Å². The van der Waals surface area contributed by atoms with E-state index < -0.39 is 0 Å². The molecule has 3 heterocycles. The van der Waals surface area contributed by atoms with Crippen LogP contribution < -0.4 is 56.1 Å². The second-order valence-corrected chi connectivity index (χ2v) is 9.84. The fraction of sp³-hybridized carbons (Fsp3) is 0.345. The van der Waals surface area contributed by atoms with Crippen molar-refractivity contribution in [2.75, 3.05) is 13.1 Å². The summed E-state index contributed by atoms with van der Waals surface area (Å²) >= 11 is 1.49. The van der Waals surface area contributed by atoms with Crippen molar-refractivity contribution in [1.82, 2.24) is 24.6 Å². The molecule has 190 valence electrons. The molecule has 0 saturated carbocycles. The smallest absolute Gasteiger partial charge is 0.361 e. The Kier molecular flexibility index (Phi) is 13.9. The molecule has 0 unspecified atom stereocenters. The molecule has 37 heavy (non-hydrogen) atoms. The van der Waals surface area contributed by atoms with Gasteiger partial charge in [-0.25, -0.2) is 35.1 Å². The van der Waals surface area contributed by atoms with Crippen molar-refractivity contribution < 1.29 is 56.2 Å². The predicted octanol–water partition coefficient (Wildman–Crippen LogP) is 3.08. The average Bonchev–Trinajstić information content (AvgIpc) is 2.89. The molecule has 0 bridgehead atoms. The van der Waals surface area contributed by atoms with Crippen LogP contribution in [0.1, 0.15) is 51.4 Å². The van der Waals surface area contributed by atoms with Gasteiger partial charge in [-0.1, -0.05) is 44.5 Å². The Morgan fingerprint density at radius 3 is 2.54 bits per heavy atom. The van der Waals surface area contributed by atoms with Crippen LogP contribution in [0, 0.1) is 19.4 Å². The zero-order valence-corrected chi connectivity index (χ0v) is 26.3. The summed E-state index contributed by atoms with van der Waals surface area (Å²) < 4.78 is 3.18. The molecule has 3 aromatic rings. The van der Waals surface area contributed by atoms with Crippen molar-refractivity contribution in [3.8, 4) is 0 Å². The molecule has 8 heteroatoms. The molecule has 6 nitrogen and oxygen atoms in total. The first-order chi connectivity index (χ1) is 17.4. The van der Waals surface area contributed by atoms with Gasteiger partial charge in [0.05, 0.1) is 16.7 Å². The minimum absolute atomic E-state index is 0. The molecule has 4 rings (SSSR count). The quantitative estimate of drug-likeness (QED) is 0.215. The number of nitrogens with zero attached hydrogens (tertiary/aromatic N) is 4. The number of piperidine rings is 1. The number of amides is 1. The van der Waals surface area contributed by atoms with E-state index in [1.807, 2.05) is 47.4 Å². The Hall–Kier alpha value is -1.68. The number of likely N-dealkylation sites (tertiary alicyclic amines) is 1. The van der Waals surface area contributed by atoms with Gasteiger partial charge in [-0.2, -0.15) is 0 Å². The molecule has 0 radical (unpaired) electrons. The summed E-state index contributed by atoms with van der Waals surface area (Å²) in [5.74, 6) is 1.04. The molecule has 1 saturated heterocycles. The standard InChI is InChI=1S/C21H20N4S.C8H15NO.K/c1-4-8-19-21-20(23-14-22-19)12-11-18(24-21)15(2)13-16(3)25-26-17-9-6-5-7-10-17;1-7-3-5-9(6-4-7)8(2)10;/h2,5-7,9-14,25H,3-4,8H2,1H3;7H,3-6H2,1-2H3;/q-2;;+1/b16-13+;;. The second kappa shape index (κ2) is 16.3. The molecule has 1 N–H and O–H groups in total. The van der Waals surface area contributed by atoms with Crippen LogP contribution in [0.4, 0.5) is 0 Å². The summed E-state index contributed by atoms with van der Waals surface area (Å²) in [7, 11) is 0. The minimum Gasteiger partial charge on any atom is -0.361 e. The first kappa shape index (κ1) is 31.5. The third-order valence-corrected chi connectivity index (χ3v) is 6.81. The summed E-state index contributed by atoms with van der Waals surface area (Å²) in [6.07, 6.45) is 7.59. The van der Waals surface area contributed by atoms with Gasteiger partial charge in [0.1, 0.15) is 6.33 Å². The van der Waals surface area contributed by atoms with Crippen molar-refractivity contribution in [1.29, 1.82) is 0 Å². The third-order valence-electron chi connectivity index (χ3n) is 5.94. The van der Waals surface area contributed by atoms with E-state index in [2.05, 4.69) is 40.4 Å². The number of hydrogen-bond donors (Lipinski definition) is 1. The monoisotopic (exact) mass is 540 g/mol. The summed E-state index contributed by atoms with van der Waals surface area (Å²) in [6.45, 7) is 18.2. The van der Waals surface area contributed by atoms with E-state index >= 15 is 0 Å². The third kappa shape index (κ3) is 10.2. The van der Waals surface area contributed by atoms with Crippen molar-refractivity contribution in [2.45, 2.75) is 51.3 Å². The number of nitrogens with one attached hydrogen (secondary N) is 1. The van der Waals surface area contributed by atoms with Crippen LogP contribution in [0.15, 0.2) is 65.5 Å². The zero-order chi connectivity index (χ0) is 25.9. The zero-order valence-electron chi connectivity index (χ0n) is 22.4. The molecule has 1 amide bonds. The normalized spacial score (nSPS) is 13.8. The molecule has 1 aliphatic rings. The number of pyridine rings is 1. The number of benzene rings is 1. The van der Waals surface area contributed by atoms with Crippen LogP contribution in [0.5, 0.6) is 0 Å². The van der Waals surface area contributed by atoms with E-state index in [1.165, 1.54) is 24.8 Å². The first-order valence-electron chi connectivity index (χ1n) is 12.4. The number of rotatable bonds is 7. The van der Waals surface area contributed by atoms with Crippen LogP contribution >= 0.6 is 11.9 Å². The summed E-state index contributed by atoms with van der Waals surface area (Å²) in [5.41, 5.74) is 4.53. The fourth-order valence-electron chi connectivity index (χ4n) is 3.80. The van der Waals surface area contributed by atoms with Gasteiger partial charge in [-0.3, -0.25) is 4.79 Å². The van der Waals surface area contributed by atoms with E-state index in [0.29, 0.717) is 17.0 Å². The summed E-state index contributed by atoms with van der Waals surface area (Å²) in [5, 5.41) is 0. The number of aryl methyl sites for hydroxylation is 1. The second-order valence-electron chi connectivity index (χ2n) is 8.97. The Labute approximate surface area is 268 Å². The summed E-state index contributed by atoms with van der Waals surface area (Å²) in [4.78, 5) is 27.2. The molecule has 2 aromatic heterocycles. The van der Waals surface area contributed by atoms with Crippen molar-refractivity contribution in [3.05, 3.63) is 85.5 Å². The topological polar surface area (TPSA) is 71.0 Å². The molecular formula is C29H35KN5OS-. The van der Waals surface area contributed by atoms with Crippen LogP contribution in [0.2, 0.25) is 0 Å². The molecule has 1 fully saturated rings. The van der Waals surface area contributed by atoms with E-state index in [9.17, 15) is 4.79 Å². The first-order valence-corrected chi connectivity index (χ1v) is 13.2. The molecule has 0 spiro atoms. The fourth-order valence-corrected chi connectivity index (χ4v) is 4.40. The SMILES string of the molecule is CC(=O)N1CCC(C)CC1.[CH-]=C(/C=C(\[CH2-])NSc1ccccc1)c1ccc2ncnc(CCC)c2n1.[K+]. The van der Waals surface area contributed by atoms with Gasteiger partial charge in [0.15, 0.2) is 0 Å². The average molecular weight is 541 g/mol. The van der Waals surface area contributed by atoms with Crippen LogP contribution in [0.25, 0.3) is 16.6 Å². The van der Waals surface area contributed by atoms with Crippen LogP contribution in [-0.2, 0) is 11.2 Å². The van der Waals surface area contributed by atoms with Gasteiger partial charge < -0.3 is 14.6 Å². The van der Waals surface area contributed by atoms with E-state index in [4.69, 9.17) is 6.58 Å². The van der Waals surface area contributed by atoms with Crippen LogP contribution in [0.3, 0.4) is 0 Å². The van der Waals surface area contributed by atoms with E-state index in [-0.39, 0.29) is 57.3 Å². The van der Waals surface area contributed by atoms with Gasteiger partial charge in [-0.15, -0.1) is 5.70 Å². The molecule has 1 aliphatic heterocycles. The maximum atomic E-state index is 10.8. The molecule has 1 aromatic carbocycles. The summed E-state index contributed by atoms with van der Waals surface area (Å²) in [6, 6.07) is 13.8. The van der Waals surface area contributed by atoms with E-state index in [0.717, 1.165) is 53.5 Å². The maximum Gasteiger partial charge on any atom is 1.00 e. The van der Waals surface area contributed by atoms with Gasteiger partial charge in [0, 0.05) is 24.9 Å². The predicted molar refractivity (Wildman–Crippen MR) is 149 cm³/mol. The number of carbonyl (C=O) groups is 1. The number of carbonyl (C=O) groups excluding carboxylic acids is 1. The van der Waals surface area contributed by atoms with Gasteiger partial charge in [0.25, 0.3) is 0 Å². The maximum absolute atomic E-state index is 10.8. The molecular weight excluding hydrogens is 506 g/mol. The van der Waals surface area contributed by atoms with Gasteiger partial charge >= 0.3 is 51.4 Å². The van der Waals surface area contributed by atoms with E-state index in [1.54, 1.807) is 19.3 Å². The Bertz CT molecular complexity index is 1190. The number of fused-ring (bicyclic) bond motifs is 1. The van der Waals surface area contributed by atoms with Crippen molar-refractivity contribution >= 4 is 34.5 Å². The molecule has 0 atom stereocenters. The number of hydrogen-bond acceptors (Lipinski definition) is 6. The van der Waals surface area contributed by atoms with Crippen molar-refractivity contribution in [3.63, 3.8) is 0 Å². The Morgan fingerprint density at radius 2 is 1.89 bits per heavy atom. The molecule has 0 aliphatic carbocycles. The van der Waals surface area contributed by atoms with Crippen LogP contribution in [-0.4, -0.2) is 38.8 Å². The number of allylic oxidation sites excluding steroid dienone is 3. The Morgan fingerprint density at radius 1 is 1.19 bits per heavy atom.